The van der Waals surface area contributed by atoms with Crippen LogP contribution in [0.1, 0.15) is 17.2 Å². The quantitative estimate of drug-likeness (QED) is 0.724. The lowest BCUT2D eigenvalue weighted by Gasteiger charge is -2.13. The van der Waals surface area contributed by atoms with Crippen LogP contribution in [0, 0.1) is 0 Å². The molecule has 0 radical (unpaired) electrons. The van der Waals surface area contributed by atoms with E-state index in [9.17, 15) is 0 Å². The van der Waals surface area contributed by atoms with Crippen LogP contribution in [0.15, 0.2) is 42.9 Å². The Balaban J connectivity index is 1.44. The summed E-state index contributed by atoms with van der Waals surface area (Å²) in [6, 6.07) is 7.85. The molecule has 0 unspecified atom stereocenters. The first-order valence-corrected chi connectivity index (χ1v) is 8.55. The molecule has 2 atom stereocenters. The van der Waals surface area contributed by atoms with Crippen molar-refractivity contribution < 1.29 is 9.47 Å². The van der Waals surface area contributed by atoms with Crippen molar-refractivity contribution in [3.8, 4) is 11.4 Å². The van der Waals surface area contributed by atoms with E-state index in [2.05, 4.69) is 31.6 Å². The normalized spacial score (nSPS) is 20.5. The molecule has 8 heteroatoms. The zero-order chi connectivity index (χ0) is 17.9. The third-order valence-corrected chi connectivity index (χ3v) is 4.84. The summed E-state index contributed by atoms with van der Waals surface area (Å²) in [5.41, 5.74) is 3.12. The minimum Gasteiger partial charge on any atom is -0.497 e. The Bertz CT molecular complexity index is 830. The average molecular weight is 354 g/mol. The van der Waals surface area contributed by atoms with Crippen molar-refractivity contribution in [2.75, 3.05) is 27.3 Å². The molecule has 1 N–H and O–H groups in total. The number of aromatic amines is 1. The summed E-state index contributed by atoms with van der Waals surface area (Å²) in [6.07, 6.45) is 5.88. The highest BCUT2D eigenvalue weighted by Crippen LogP contribution is 2.28. The van der Waals surface area contributed by atoms with Crippen LogP contribution in [0.25, 0.3) is 5.69 Å². The van der Waals surface area contributed by atoms with E-state index in [1.165, 1.54) is 0 Å². The van der Waals surface area contributed by atoms with Gasteiger partial charge in [0.25, 0.3) is 0 Å². The lowest BCUT2D eigenvalue weighted by Crippen LogP contribution is -2.22. The first-order valence-electron chi connectivity index (χ1n) is 8.55. The van der Waals surface area contributed by atoms with Gasteiger partial charge in [-0.1, -0.05) is 0 Å². The van der Waals surface area contributed by atoms with Gasteiger partial charge in [-0.3, -0.25) is 4.90 Å². The average Bonchev–Trinajstić information content (AvgIpc) is 3.42. The number of aromatic nitrogens is 5. The van der Waals surface area contributed by atoms with Crippen LogP contribution in [-0.2, 0) is 11.3 Å². The molecule has 0 bridgehead atoms. The lowest BCUT2D eigenvalue weighted by molar-refractivity contribution is 0.0957. The molecule has 3 heterocycles. The highest BCUT2D eigenvalue weighted by Gasteiger charge is 2.35. The van der Waals surface area contributed by atoms with Crippen LogP contribution < -0.4 is 4.74 Å². The second-order valence-corrected chi connectivity index (χ2v) is 6.46. The molecular weight excluding hydrogens is 332 g/mol. The Morgan fingerprint density at radius 2 is 2.00 bits per heavy atom. The summed E-state index contributed by atoms with van der Waals surface area (Å²) in [7, 11) is 3.42. The predicted molar refractivity (Wildman–Crippen MR) is 95.3 cm³/mol. The molecule has 0 saturated carbocycles. The molecule has 1 fully saturated rings. The molecule has 1 aliphatic heterocycles. The van der Waals surface area contributed by atoms with Gasteiger partial charge < -0.3 is 9.47 Å². The SMILES string of the molecule is COc1ccc(-n2cc(CN3C[C@@H](OC)[C@H](c4cn[nH]n4)C3)cn2)cc1. The van der Waals surface area contributed by atoms with E-state index >= 15 is 0 Å². The van der Waals surface area contributed by atoms with Crippen molar-refractivity contribution in [2.24, 2.45) is 0 Å². The van der Waals surface area contributed by atoms with Crippen LogP contribution >= 0.6 is 0 Å². The third-order valence-electron chi connectivity index (χ3n) is 4.84. The molecule has 1 aliphatic rings. The number of H-pyrrole nitrogens is 1. The number of rotatable bonds is 6. The van der Waals surface area contributed by atoms with Gasteiger partial charge in [-0.25, -0.2) is 4.68 Å². The Hall–Kier alpha value is -2.71. The summed E-state index contributed by atoms with van der Waals surface area (Å²) in [5, 5.41) is 15.3. The maximum Gasteiger partial charge on any atom is 0.119 e. The number of hydrogen-bond acceptors (Lipinski definition) is 6. The van der Waals surface area contributed by atoms with Gasteiger partial charge in [-0.05, 0) is 24.3 Å². The maximum absolute atomic E-state index is 5.66. The van der Waals surface area contributed by atoms with Crippen LogP contribution in [-0.4, -0.2) is 63.5 Å². The number of benzene rings is 1. The fourth-order valence-electron chi connectivity index (χ4n) is 3.47. The lowest BCUT2D eigenvalue weighted by atomic mass is 10.0. The van der Waals surface area contributed by atoms with Crippen molar-refractivity contribution in [1.82, 2.24) is 30.1 Å². The molecule has 0 amide bonds. The summed E-state index contributed by atoms with van der Waals surface area (Å²) < 4.78 is 12.7. The largest absolute Gasteiger partial charge is 0.497 e. The van der Waals surface area contributed by atoms with Gasteiger partial charge in [0.2, 0.25) is 0 Å². The number of hydrogen-bond donors (Lipinski definition) is 1. The minimum atomic E-state index is 0.122. The topological polar surface area (TPSA) is 81.1 Å². The van der Waals surface area contributed by atoms with Crippen LogP contribution in [0.4, 0.5) is 0 Å². The number of nitrogens with zero attached hydrogens (tertiary/aromatic N) is 5. The van der Waals surface area contributed by atoms with Crippen molar-refractivity contribution in [1.29, 1.82) is 0 Å². The van der Waals surface area contributed by atoms with E-state index in [0.717, 1.165) is 42.3 Å². The van der Waals surface area contributed by atoms with E-state index in [1.54, 1.807) is 20.4 Å². The van der Waals surface area contributed by atoms with Gasteiger partial charge in [0.15, 0.2) is 0 Å². The first-order chi connectivity index (χ1) is 12.8. The second-order valence-electron chi connectivity index (χ2n) is 6.46. The van der Waals surface area contributed by atoms with E-state index in [0.29, 0.717) is 0 Å². The van der Waals surface area contributed by atoms with E-state index < -0.39 is 0 Å². The Labute approximate surface area is 151 Å². The fraction of sp³-hybridized carbons (Fsp3) is 0.389. The molecule has 26 heavy (non-hydrogen) atoms. The molecular formula is C18H22N6O2. The summed E-state index contributed by atoms with van der Waals surface area (Å²) in [4.78, 5) is 2.36. The fourth-order valence-corrected chi connectivity index (χ4v) is 3.47. The van der Waals surface area contributed by atoms with E-state index in [-0.39, 0.29) is 12.0 Å². The second kappa shape index (κ2) is 7.27. The summed E-state index contributed by atoms with van der Waals surface area (Å²) in [6.45, 7) is 2.57. The van der Waals surface area contributed by atoms with Crippen molar-refractivity contribution in [2.45, 2.75) is 18.6 Å². The zero-order valence-corrected chi connectivity index (χ0v) is 14.9. The van der Waals surface area contributed by atoms with Crippen molar-refractivity contribution >= 4 is 0 Å². The molecule has 0 spiro atoms. The smallest absolute Gasteiger partial charge is 0.119 e. The van der Waals surface area contributed by atoms with Crippen LogP contribution in [0.3, 0.4) is 0 Å². The molecule has 2 aromatic heterocycles. The van der Waals surface area contributed by atoms with Gasteiger partial charge in [-0.15, -0.1) is 0 Å². The number of likely N-dealkylation sites (tertiary alicyclic amines) is 1. The number of methoxy groups -OCH3 is 2. The summed E-state index contributed by atoms with van der Waals surface area (Å²) >= 11 is 0. The molecule has 4 rings (SSSR count). The Morgan fingerprint density at radius 1 is 1.15 bits per heavy atom. The van der Waals surface area contributed by atoms with Crippen LogP contribution in [0.2, 0.25) is 0 Å². The van der Waals surface area contributed by atoms with Crippen molar-refractivity contribution in [3.63, 3.8) is 0 Å². The van der Waals surface area contributed by atoms with Gasteiger partial charge in [0.05, 0.1) is 37.0 Å². The monoisotopic (exact) mass is 354 g/mol. The minimum absolute atomic E-state index is 0.122. The van der Waals surface area contributed by atoms with Gasteiger partial charge in [0, 0.05) is 44.4 Å². The van der Waals surface area contributed by atoms with Crippen molar-refractivity contribution in [3.05, 3.63) is 54.1 Å². The zero-order valence-electron chi connectivity index (χ0n) is 14.9. The molecule has 136 valence electrons. The van der Waals surface area contributed by atoms with Gasteiger partial charge in [0.1, 0.15) is 5.75 Å². The third kappa shape index (κ3) is 3.33. The standard InChI is InChI=1S/C18H22N6O2/c1-25-15-5-3-14(4-6-15)24-10-13(7-20-24)9-23-11-16(18(12-23)26-2)17-8-19-22-21-17/h3-8,10,16,18H,9,11-12H2,1-2H3,(H,19,21,22)/t16-,18+/m0/s1. The number of ether oxygens (including phenoxy) is 2. The van der Waals surface area contributed by atoms with E-state index in [4.69, 9.17) is 9.47 Å². The molecule has 1 saturated heterocycles. The molecule has 1 aromatic carbocycles. The van der Waals surface area contributed by atoms with Crippen LogP contribution in [0.5, 0.6) is 5.75 Å². The highest BCUT2D eigenvalue weighted by molar-refractivity contribution is 5.37. The molecule has 8 nitrogen and oxygen atoms in total. The molecule has 0 aliphatic carbocycles. The highest BCUT2D eigenvalue weighted by atomic mass is 16.5. The molecule has 3 aromatic rings. The Morgan fingerprint density at radius 3 is 2.69 bits per heavy atom. The maximum atomic E-state index is 5.66. The van der Waals surface area contributed by atoms with Gasteiger partial charge in [-0.2, -0.15) is 20.5 Å². The Kier molecular flexibility index (Phi) is 4.68. The first kappa shape index (κ1) is 16.7. The van der Waals surface area contributed by atoms with Gasteiger partial charge >= 0.3 is 0 Å². The predicted octanol–water partition coefficient (Wildman–Crippen LogP) is 1.61. The van der Waals surface area contributed by atoms with E-state index in [1.807, 2.05) is 35.1 Å². The number of nitrogens with one attached hydrogen (secondary N) is 1. The summed E-state index contributed by atoms with van der Waals surface area (Å²) in [5.74, 6) is 1.07.